The fourth-order valence-corrected chi connectivity index (χ4v) is 3.75. The minimum atomic E-state index is 0.423. The molecule has 1 fully saturated rings. The lowest BCUT2D eigenvalue weighted by molar-refractivity contribution is 0.121. The van der Waals surface area contributed by atoms with Gasteiger partial charge in [0.25, 0.3) is 0 Å². The van der Waals surface area contributed by atoms with Crippen LogP contribution in [0.1, 0.15) is 24.4 Å². The van der Waals surface area contributed by atoms with Gasteiger partial charge in [-0.1, -0.05) is 33.6 Å². The molecule has 0 saturated carbocycles. The van der Waals surface area contributed by atoms with Crippen molar-refractivity contribution in [1.29, 1.82) is 0 Å². The molecule has 1 aliphatic rings. The van der Waals surface area contributed by atoms with E-state index in [4.69, 9.17) is 11.6 Å². The van der Waals surface area contributed by atoms with Crippen LogP contribution in [-0.4, -0.2) is 32.1 Å². The van der Waals surface area contributed by atoms with Gasteiger partial charge in [0, 0.05) is 15.5 Å². The van der Waals surface area contributed by atoms with Gasteiger partial charge in [0.15, 0.2) is 0 Å². The van der Waals surface area contributed by atoms with Crippen molar-refractivity contribution in [3.63, 3.8) is 0 Å². The average molecular weight is 332 g/mol. The molecule has 1 heterocycles. The molecule has 1 N–H and O–H groups in total. The minimum Gasteiger partial charge on any atom is -0.319 e. The van der Waals surface area contributed by atoms with Crippen molar-refractivity contribution in [1.82, 2.24) is 10.2 Å². The van der Waals surface area contributed by atoms with Gasteiger partial charge in [0.1, 0.15) is 0 Å². The van der Waals surface area contributed by atoms with Gasteiger partial charge in [-0.25, -0.2) is 0 Å². The summed E-state index contributed by atoms with van der Waals surface area (Å²) in [5.74, 6) is 0.632. The Labute approximate surface area is 123 Å². The first-order chi connectivity index (χ1) is 8.63. The summed E-state index contributed by atoms with van der Waals surface area (Å²) in [5, 5.41) is 4.17. The first-order valence-corrected chi connectivity index (χ1v) is 7.60. The Morgan fingerprint density at radius 2 is 2.28 bits per heavy atom. The molecule has 4 heteroatoms. The van der Waals surface area contributed by atoms with Gasteiger partial charge in [-0.3, -0.25) is 4.90 Å². The van der Waals surface area contributed by atoms with E-state index in [-0.39, 0.29) is 0 Å². The van der Waals surface area contributed by atoms with Gasteiger partial charge < -0.3 is 5.32 Å². The molecule has 18 heavy (non-hydrogen) atoms. The molecule has 1 saturated heterocycles. The van der Waals surface area contributed by atoms with Crippen LogP contribution in [-0.2, 0) is 0 Å². The van der Waals surface area contributed by atoms with Crippen LogP contribution in [0.2, 0.25) is 5.02 Å². The molecule has 2 atom stereocenters. The predicted molar refractivity (Wildman–Crippen MR) is 81.2 cm³/mol. The Kier molecular flexibility index (Phi) is 5.07. The number of likely N-dealkylation sites (tertiary alicyclic amines) is 1. The maximum absolute atomic E-state index is 6.42. The Morgan fingerprint density at radius 3 is 2.94 bits per heavy atom. The zero-order chi connectivity index (χ0) is 13.1. The fourth-order valence-electron chi connectivity index (χ4n) is 2.97. The summed E-state index contributed by atoms with van der Waals surface area (Å²) in [4.78, 5) is 2.43. The van der Waals surface area contributed by atoms with Crippen molar-refractivity contribution in [3.05, 3.63) is 33.3 Å². The van der Waals surface area contributed by atoms with Gasteiger partial charge >= 0.3 is 0 Å². The normalized spacial score (nSPS) is 25.3. The summed E-state index contributed by atoms with van der Waals surface area (Å²) in [6.07, 6.45) is 2.54. The third kappa shape index (κ3) is 3.08. The van der Waals surface area contributed by atoms with Crippen molar-refractivity contribution in [2.45, 2.75) is 18.9 Å². The second-order valence-corrected chi connectivity index (χ2v) is 6.37. The molecule has 0 aromatic heterocycles. The molecule has 0 aliphatic carbocycles. The number of hydrogen-bond acceptors (Lipinski definition) is 2. The molecule has 100 valence electrons. The van der Waals surface area contributed by atoms with E-state index in [2.05, 4.69) is 45.3 Å². The van der Waals surface area contributed by atoms with Crippen LogP contribution in [0.25, 0.3) is 0 Å². The van der Waals surface area contributed by atoms with Crippen molar-refractivity contribution in [2.24, 2.45) is 5.92 Å². The average Bonchev–Trinajstić information content (AvgIpc) is 2.31. The largest absolute Gasteiger partial charge is 0.319 e. The summed E-state index contributed by atoms with van der Waals surface area (Å²) in [6, 6.07) is 6.66. The van der Waals surface area contributed by atoms with Crippen LogP contribution in [0.15, 0.2) is 22.7 Å². The standard InChI is InChI=1S/C14H20BrClN2/c1-17-9-10-4-3-7-18(2)14(10)12-6-5-11(15)8-13(12)16/h5-6,8,10,14,17H,3-4,7,9H2,1-2H3. The number of nitrogens with one attached hydrogen (secondary N) is 1. The molecule has 0 radical (unpaired) electrons. The Hall–Kier alpha value is -0.0900. The highest BCUT2D eigenvalue weighted by molar-refractivity contribution is 9.10. The first-order valence-electron chi connectivity index (χ1n) is 6.43. The lowest BCUT2D eigenvalue weighted by Gasteiger charge is -2.40. The quantitative estimate of drug-likeness (QED) is 0.908. The molecule has 0 spiro atoms. The first kappa shape index (κ1) is 14.3. The van der Waals surface area contributed by atoms with E-state index in [0.29, 0.717) is 12.0 Å². The summed E-state index contributed by atoms with van der Waals surface area (Å²) < 4.78 is 1.04. The van der Waals surface area contributed by atoms with Gasteiger partial charge in [-0.15, -0.1) is 0 Å². The Bertz CT molecular complexity index is 409. The minimum absolute atomic E-state index is 0.423. The number of nitrogens with zero attached hydrogens (tertiary/aromatic N) is 1. The maximum atomic E-state index is 6.42. The van der Waals surface area contributed by atoms with E-state index in [9.17, 15) is 0 Å². The van der Waals surface area contributed by atoms with Crippen LogP contribution < -0.4 is 5.32 Å². The lowest BCUT2D eigenvalue weighted by Crippen LogP contribution is -2.40. The molecular formula is C14H20BrClN2. The highest BCUT2D eigenvalue weighted by Crippen LogP contribution is 2.38. The van der Waals surface area contributed by atoms with Crippen LogP contribution in [0.5, 0.6) is 0 Å². The van der Waals surface area contributed by atoms with Crippen molar-refractivity contribution >= 4 is 27.5 Å². The number of hydrogen-bond donors (Lipinski definition) is 1. The highest BCUT2D eigenvalue weighted by Gasteiger charge is 2.31. The molecule has 1 aliphatic heterocycles. The second kappa shape index (κ2) is 6.38. The number of piperidine rings is 1. The van der Waals surface area contributed by atoms with Crippen LogP contribution >= 0.6 is 27.5 Å². The number of halogens is 2. The molecule has 2 unspecified atom stereocenters. The molecule has 0 bridgehead atoms. The van der Waals surface area contributed by atoms with Crippen molar-refractivity contribution in [3.8, 4) is 0 Å². The van der Waals surface area contributed by atoms with Crippen LogP contribution in [0, 0.1) is 5.92 Å². The summed E-state index contributed by atoms with van der Waals surface area (Å²) in [6.45, 7) is 2.19. The van der Waals surface area contributed by atoms with Crippen LogP contribution in [0.3, 0.4) is 0 Å². The molecule has 1 aromatic rings. The molecule has 2 rings (SSSR count). The monoisotopic (exact) mass is 330 g/mol. The van der Waals surface area contributed by atoms with Gasteiger partial charge in [-0.05, 0) is 63.6 Å². The molecule has 1 aromatic carbocycles. The summed E-state index contributed by atoms with van der Waals surface area (Å²) in [5.41, 5.74) is 1.25. The smallest absolute Gasteiger partial charge is 0.0465 e. The summed E-state index contributed by atoms with van der Waals surface area (Å²) in [7, 11) is 4.22. The second-order valence-electron chi connectivity index (χ2n) is 5.05. The van der Waals surface area contributed by atoms with E-state index >= 15 is 0 Å². The number of benzene rings is 1. The lowest BCUT2D eigenvalue weighted by atomic mass is 9.85. The molecular weight excluding hydrogens is 312 g/mol. The van der Waals surface area contributed by atoms with Gasteiger partial charge in [0.2, 0.25) is 0 Å². The van der Waals surface area contributed by atoms with Crippen LogP contribution in [0.4, 0.5) is 0 Å². The van der Waals surface area contributed by atoms with E-state index in [0.717, 1.165) is 22.6 Å². The SMILES string of the molecule is CNCC1CCCN(C)C1c1ccc(Br)cc1Cl. The summed E-state index contributed by atoms with van der Waals surface area (Å²) >= 11 is 9.89. The van der Waals surface area contributed by atoms with Crippen molar-refractivity contribution < 1.29 is 0 Å². The Morgan fingerprint density at radius 1 is 1.50 bits per heavy atom. The highest BCUT2D eigenvalue weighted by atomic mass is 79.9. The third-order valence-electron chi connectivity index (χ3n) is 3.75. The maximum Gasteiger partial charge on any atom is 0.0465 e. The fraction of sp³-hybridized carbons (Fsp3) is 0.571. The van der Waals surface area contributed by atoms with E-state index in [1.165, 1.54) is 18.4 Å². The van der Waals surface area contributed by atoms with E-state index < -0.39 is 0 Å². The van der Waals surface area contributed by atoms with E-state index in [1.807, 2.05) is 13.1 Å². The van der Waals surface area contributed by atoms with E-state index in [1.54, 1.807) is 0 Å². The predicted octanol–water partition coefficient (Wildman–Crippen LogP) is 3.70. The number of rotatable bonds is 3. The molecule has 2 nitrogen and oxygen atoms in total. The van der Waals surface area contributed by atoms with Crippen molar-refractivity contribution in [2.75, 3.05) is 27.2 Å². The topological polar surface area (TPSA) is 15.3 Å². The van der Waals surface area contributed by atoms with Gasteiger partial charge in [-0.2, -0.15) is 0 Å². The third-order valence-corrected chi connectivity index (χ3v) is 4.58. The van der Waals surface area contributed by atoms with Gasteiger partial charge in [0.05, 0.1) is 0 Å². The Balaban J connectivity index is 2.31. The molecule has 0 amide bonds. The zero-order valence-corrected chi connectivity index (χ0v) is 13.3. The zero-order valence-electron chi connectivity index (χ0n) is 10.9.